The Labute approximate surface area is 151 Å². The van der Waals surface area contributed by atoms with Crippen molar-refractivity contribution < 1.29 is 23.9 Å². The van der Waals surface area contributed by atoms with Crippen LogP contribution < -0.4 is 5.32 Å². The molecule has 0 saturated heterocycles. The van der Waals surface area contributed by atoms with E-state index in [1.54, 1.807) is 0 Å². The Kier molecular flexibility index (Phi) is 6.79. The number of nitrogens with one attached hydrogen (secondary N) is 1. The minimum Gasteiger partial charge on any atom is -0.452 e. The fourth-order valence-electron chi connectivity index (χ4n) is 2.29. The first kappa shape index (κ1) is 19.1. The molecule has 1 unspecified atom stereocenters. The molecule has 2 rings (SSSR count). The fraction of sp³-hybridized carbons (Fsp3) is 0.200. The average Bonchev–Trinajstić information content (AvgIpc) is 2.66. The van der Waals surface area contributed by atoms with Crippen molar-refractivity contribution in [1.82, 2.24) is 5.32 Å². The second-order valence-electron chi connectivity index (χ2n) is 5.74. The van der Waals surface area contributed by atoms with Gasteiger partial charge in [-0.1, -0.05) is 42.5 Å². The minimum absolute atomic E-state index is 0.182. The lowest BCUT2D eigenvalue weighted by Gasteiger charge is -2.16. The molecule has 1 atom stereocenters. The Morgan fingerprint density at radius 1 is 1.04 bits per heavy atom. The number of hydrogen-bond acceptors (Lipinski definition) is 5. The number of Topliss-reactive ketones (excluding diaryl/α,β-unsaturated/α-hetero) is 1. The van der Waals surface area contributed by atoms with Gasteiger partial charge in [0.15, 0.2) is 12.4 Å². The van der Waals surface area contributed by atoms with E-state index in [1.807, 2.05) is 30.3 Å². The molecular formula is C20H19NO5. The Hall–Kier alpha value is -3.28. The number of rotatable bonds is 8. The largest absolute Gasteiger partial charge is 0.452 e. The van der Waals surface area contributed by atoms with Gasteiger partial charge in [-0.25, -0.2) is 4.79 Å². The van der Waals surface area contributed by atoms with Crippen molar-refractivity contribution in [1.29, 1.82) is 0 Å². The lowest BCUT2D eigenvalue weighted by atomic mass is 10.0. The third kappa shape index (κ3) is 5.66. The van der Waals surface area contributed by atoms with E-state index in [0.29, 0.717) is 18.3 Å². The topological polar surface area (TPSA) is 89.5 Å². The van der Waals surface area contributed by atoms with Gasteiger partial charge in [0.2, 0.25) is 0 Å². The normalized spacial score (nSPS) is 11.3. The van der Waals surface area contributed by atoms with Crippen LogP contribution in [-0.2, 0) is 20.7 Å². The number of carbonyl (C=O) groups is 4. The zero-order valence-electron chi connectivity index (χ0n) is 14.3. The summed E-state index contributed by atoms with van der Waals surface area (Å²) in [6.07, 6.45) is 1.03. The zero-order valence-corrected chi connectivity index (χ0v) is 14.3. The van der Waals surface area contributed by atoms with Gasteiger partial charge in [-0.05, 0) is 31.0 Å². The minimum atomic E-state index is -0.685. The molecule has 6 nitrogen and oxygen atoms in total. The van der Waals surface area contributed by atoms with Crippen molar-refractivity contribution in [3.05, 3.63) is 71.3 Å². The van der Waals surface area contributed by atoms with E-state index in [2.05, 4.69) is 5.32 Å². The lowest BCUT2D eigenvalue weighted by molar-refractivity contribution is -0.128. The van der Waals surface area contributed by atoms with Crippen LogP contribution in [0, 0.1) is 0 Å². The smallest absolute Gasteiger partial charge is 0.338 e. The Morgan fingerprint density at radius 3 is 2.27 bits per heavy atom. The molecule has 0 bridgehead atoms. The van der Waals surface area contributed by atoms with Crippen LogP contribution in [0.1, 0.15) is 33.2 Å². The molecule has 0 fully saturated rings. The van der Waals surface area contributed by atoms with Crippen molar-refractivity contribution in [3.63, 3.8) is 0 Å². The van der Waals surface area contributed by atoms with E-state index in [0.717, 1.165) is 5.56 Å². The summed E-state index contributed by atoms with van der Waals surface area (Å²) in [4.78, 5) is 46.2. The van der Waals surface area contributed by atoms with Gasteiger partial charge in [-0.15, -0.1) is 0 Å². The predicted octanol–water partition coefficient (Wildman–Crippen LogP) is 1.97. The number of esters is 1. The molecule has 0 aliphatic heterocycles. The van der Waals surface area contributed by atoms with Gasteiger partial charge < -0.3 is 10.1 Å². The molecule has 134 valence electrons. The van der Waals surface area contributed by atoms with Crippen molar-refractivity contribution >= 4 is 23.9 Å². The first-order chi connectivity index (χ1) is 12.5. The molecule has 1 N–H and O–H groups in total. The highest BCUT2D eigenvalue weighted by Crippen LogP contribution is 2.06. The summed E-state index contributed by atoms with van der Waals surface area (Å²) in [5, 5.41) is 2.58. The summed E-state index contributed by atoms with van der Waals surface area (Å²) in [6.45, 7) is 0.904. The standard InChI is InChI=1S/C20H19NO5/c1-14(23)18(11-15-5-3-2-4-6-15)21-19(24)13-26-20(25)17-9-7-16(12-22)8-10-17/h2-10,12,18H,11,13H2,1H3,(H,21,24). The highest BCUT2D eigenvalue weighted by molar-refractivity contribution is 5.93. The average molecular weight is 353 g/mol. The van der Waals surface area contributed by atoms with Crippen LogP contribution in [0.3, 0.4) is 0 Å². The first-order valence-corrected chi connectivity index (χ1v) is 8.05. The predicted molar refractivity (Wildman–Crippen MR) is 94.9 cm³/mol. The Balaban J connectivity index is 1.88. The number of hydrogen-bond donors (Lipinski definition) is 1. The van der Waals surface area contributed by atoms with E-state index in [4.69, 9.17) is 4.74 Å². The number of ether oxygens (including phenoxy) is 1. The van der Waals surface area contributed by atoms with Crippen LogP contribution in [0.2, 0.25) is 0 Å². The summed E-state index contributed by atoms with van der Waals surface area (Å²) >= 11 is 0. The highest BCUT2D eigenvalue weighted by Gasteiger charge is 2.18. The van der Waals surface area contributed by atoms with Crippen LogP contribution in [0.25, 0.3) is 0 Å². The third-order valence-electron chi connectivity index (χ3n) is 3.73. The quantitative estimate of drug-likeness (QED) is 0.579. The SMILES string of the molecule is CC(=O)C(Cc1ccccc1)NC(=O)COC(=O)c1ccc(C=O)cc1. The molecule has 26 heavy (non-hydrogen) atoms. The molecule has 2 aromatic carbocycles. The summed E-state index contributed by atoms with van der Waals surface area (Å²) in [7, 11) is 0. The van der Waals surface area contributed by atoms with Crippen molar-refractivity contribution in [2.24, 2.45) is 0 Å². The summed E-state index contributed by atoms with van der Waals surface area (Å²) in [5.41, 5.74) is 1.58. The maximum Gasteiger partial charge on any atom is 0.338 e. The van der Waals surface area contributed by atoms with Gasteiger partial charge in [-0.2, -0.15) is 0 Å². The first-order valence-electron chi connectivity index (χ1n) is 8.05. The van der Waals surface area contributed by atoms with Crippen molar-refractivity contribution in [2.45, 2.75) is 19.4 Å². The van der Waals surface area contributed by atoms with E-state index in [9.17, 15) is 19.2 Å². The van der Waals surface area contributed by atoms with E-state index >= 15 is 0 Å². The van der Waals surface area contributed by atoms with Crippen LogP contribution in [0.4, 0.5) is 0 Å². The van der Waals surface area contributed by atoms with Crippen molar-refractivity contribution in [3.8, 4) is 0 Å². The molecular weight excluding hydrogens is 334 g/mol. The van der Waals surface area contributed by atoms with Gasteiger partial charge in [-0.3, -0.25) is 14.4 Å². The number of carbonyl (C=O) groups excluding carboxylic acids is 4. The number of aldehydes is 1. The van der Waals surface area contributed by atoms with Gasteiger partial charge in [0.05, 0.1) is 11.6 Å². The molecule has 0 saturated carbocycles. The van der Waals surface area contributed by atoms with E-state index < -0.39 is 24.5 Å². The molecule has 2 aromatic rings. The molecule has 0 spiro atoms. The Bertz CT molecular complexity index is 784. The fourth-order valence-corrected chi connectivity index (χ4v) is 2.29. The lowest BCUT2D eigenvalue weighted by Crippen LogP contribution is -2.43. The van der Waals surface area contributed by atoms with Crippen LogP contribution >= 0.6 is 0 Å². The summed E-state index contributed by atoms with van der Waals surface area (Å²) < 4.78 is 4.94. The molecule has 0 radical (unpaired) electrons. The van der Waals surface area contributed by atoms with Crippen LogP contribution in [0.15, 0.2) is 54.6 Å². The van der Waals surface area contributed by atoms with Gasteiger partial charge in [0, 0.05) is 5.56 Å². The maximum atomic E-state index is 12.0. The summed E-state index contributed by atoms with van der Waals surface area (Å²) in [6, 6.07) is 14.5. The van der Waals surface area contributed by atoms with Crippen LogP contribution in [0.5, 0.6) is 0 Å². The van der Waals surface area contributed by atoms with E-state index in [-0.39, 0.29) is 11.3 Å². The van der Waals surface area contributed by atoms with Gasteiger partial charge >= 0.3 is 5.97 Å². The van der Waals surface area contributed by atoms with Gasteiger partial charge in [0.1, 0.15) is 6.29 Å². The maximum absolute atomic E-state index is 12.0. The molecule has 0 aliphatic rings. The third-order valence-corrected chi connectivity index (χ3v) is 3.73. The number of amides is 1. The zero-order chi connectivity index (χ0) is 18.9. The van der Waals surface area contributed by atoms with Crippen LogP contribution in [-0.4, -0.2) is 36.6 Å². The van der Waals surface area contributed by atoms with Gasteiger partial charge in [0.25, 0.3) is 5.91 Å². The highest BCUT2D eigenvalue weighted by atomic mass is 16.5. The monoisotopic (exact) mass is 353 g/mol. The van der Waals surface area contributed by atoms with Crippen molar-refractivity contribution in [2.75, 3.05) is 6.61 Å². The Morgan fingerprint density at radius 2 is 1.69 bits per heavy atom. The second-order valence-corrected chi connectivity index (χ2v) is 5.74. The van der Waals surface area contributed by atoms with E-state index in [1.165, 1.54) is 31.2 Å². The molecule has 0 aliphatic carbocycles. The second kappa shape index (κ2) is 9.27. The molecule has 0 heterocycles. The number of benzene rings is 2. The molecule has 1 amide bonds. The number of ketones is 1. The summed E-state index contributed by atoms with van der Waals surface area (Å²) in [5.74, 6) is -1.42. The molecule has 6 heteroatoms. The molecule has 0 aromatic heterocycles.